The fourth-order valence-electron chi connectivity index (χ4n) is 3.23. The normalized spacial score (nSPS) is 12.8. The van der Waals surface area contributed by atoms with Crippen LogP contribution in [0.5, 0.6) is 0 Å². The molecule has 0 atom stereocenters. The van der Waals surface area contributed by atoms with Gasteiger partial charge in [-0.2, -0.15) is 4.91 Å². The molecule has 0 spiro atoms. The molecule has 1 aliphatic heterocycles. The van der Waals surface area contributed by atoms with Gasteiger partial charge in [-0.1, -0.05) is 41.1 Å². The van der Waals surface area contributed by atoms with E-state index >= 15 is 0 Å². The van der Waals surface area contributed by atoms with Gasteiger partial charge < -0.3 is 0 Å². The molecule has 0 unspecified atom stereocenters. The number of nitrogens with zero attached hydrogens (tertiary/aromatic N) is 4. The van der Waals surface area contributed by atoms with E-state index < -0.39 is 0 Å². The standard InChI is InChI=1S/C19H14ClFN4O/c20-12-5-7-17-15(11-12)13(14-3-1-2-4-16(14)21)6-8-18-23-24-19(25(17)18)9-10-22-26/h1-7,11H,8-10H2. The van der Waals surface area contributed by atoms with Crippen LogP contribution in [0.15, 0.2) is 53.7 Å². The van der Waals surface area contributed by atoms with Gasteiger partial charge in [0.15, 0.2) is 0 Å². The van der Waals surface area contributed by atoms with E-state index in [0.717, 1.165) is 22.6 Å². The molecule has 1 aromatic heterocycles. The maximum absolute atomic E-state index is 14.4. The van der Waals surface area contributed by atoms with E-state index in [4.69, 9.17) is 11.6 Å². The first kappa shape index (κ1) is 16.6. The van der Waals surface area contributed by atoms with E-state index in [2.05, 4.69) is 15.4 Å². The van der Waals surface area contributed by atoms with Crippen LogP contribution in [0, 0.1) is 10.7 Å². The summed E-state index contributed by atoms with van der Waals surface area (Å²) in [7, 11) is 0. The Hall–Kier alpha value is -2.86. The number of nitroso groups, excluding NO2 is 1. The number of allylic oxidation sites excluding steroid dienone is 1. The zero-order valence-corrected chi connectivity index (χ0v) is 14.4. The Morgan fingerprint density at radius 2 is 2.00 bits per heavy atom. The summed E-state index contributed by atoms with van der Waals surface area (Å²) in [5.41, 5.74) is 2.86. The molecular weight excluding hydrogens is 355 g/mol. The first-order valence-corrected chi connectivity index (χ1v) is 8.54. The van der Waals surface area contributed by atoms with Gasteiger partial charge in [-0.05, 0) is 29.8 Å². The van der Waals surface area contributed by atoms with Crippen LogP contribution in [-0.4, -0.2) is 21.3 Å². The maximum atomic E-state index is 14.4. The van der Waals surface area contributed by atoms with E-state index in [1.165, 1.54) is 6.07 Å². The highest BCUT2D eigenvalue weighted by atomic mass is 35.5. The van der Waals surface area contributed by atoms with Crippen molar-refractivity contribution >= 4 is 17.2 Å². The number of rotatable bonds is 4. The lowest BCUT2D eigenvalue weighted by molar-refractivity contribution is 0.624. The molecule has 2 heterocycles. The summed E-state index contributed by atoms with van der Waals surface area (Å²) in [6.07, 6.45) is 2.80. The van der Waals surface area contributed by atoms with E-state index in [9.17, 15) is 9.30 Å². The molecule has 1 aliphatic rings. The van der Waals surface area contributed by atoms with Crippen molar-refractivity contribution in [2.75, 3.05) is 6.54 Å². The first-order valence-electron chi connectivity index (χ1n) is 8.16. The van der Waals surface area contributed by atoms with Gasteiger partial charge >= 0.3 is 0 Å². The van der Waals surface area contributed by atoms with Crippen LogP contribution < -0.4 is 0 Å². The second-order valence-corrected chi connectivity index (χ2v) is 6.37. The summed E-state index contributed by atoms with van der Waals surface area (Å²) in [6.45, 7) is 0.120. The highest BCUT2D eigenvalue weighted by molar-refractivity contribution is 6.30. The summed E-state index contributed by atoms with van der Waals surface area (Å²) in [6, 6.07) is 12.1. The third-order valence-electron chi connectivity index (χ3n) is 4.37. The Kier molecular flexibility index (Phi) is 4.34. The number of halogens is 2. The number of hydrogen-bond donors (Lipinski definition) is 0. The minimum absolute atomic E-state index is 0.120. The average Bonchev–Trinajstić information content (AvgIpc) is 2.97. The summed E-state index contributed by atoms with van der Waals surface area (Å²) >= 11 is 6.23. The van der Waals surface area contributed by atoms with E-state index in [1.54, 1.807) is 24.3 Å². The second-order valence-electron chi connectivity index (χ2n) is 5.93. The largest absolute Gasteiger partial charge is 0.282 e. The van der Waals surface area contributed by atoms with Gasteiger partial charge in [-0.15, -0.1) is 10.2 Å². The number of fused-ring (bicyclic) bond motifs is 3. The van der Waals surface area contributed by atoms with Crippen LogP contribution in [-0.2, 0) is 12.8 Å². The van der Waals surface area contributed by atoms with Crippen molar-refractivity contribution < 1.29 is 4.39 Å². The predicted octanol–water partition coefficient (Wildman–Crippen LogP) is 4.36. The Morgan fingerprint density at radius 3 is 2.81 bits per heavy atom. The minimum Gasteiger partial charge on any atom is -0.282 e. The fraction of sp³-hybridized carbons (Fsp3) is 0.158. The van der Waals surface area contributed by atoms with Crippen LogP contribution in [0.2, 0.25) is 5.02 Å². The van der Waals surface area contributed by atoms with Crippen molar-refractivity contribution in [3.05, 3.63) is 87.1 Å². The number of benzene rings is 2. The third kappa shape index (κ3) is 2.82. The lowest BCUT2D eigenvalue weighted by Crippen LogP contribution is -2.07. The first-order chi connectivity index (χ1) is 12.7. The monoisotopic (exact) mass is 368 g/mol. The molecular formula is C19H14ClFN4O. The Balaban J connectivity index is 1.94. The molecule has 0 aliphatic carbocycles. The van der Waals surface area contributed by atoms with Crippen molar-refractivity contribution in [2.24, 2.45) is 5.18 Å². The third-order valence-corrected chi connectivity index (χ3v) is 4.60. The van der Waals surface area contributed by atoms with Gasteiger partial charge in [0.2, 0.25) is 0 Å². The van der Waals surface area contributed by atoms with Crippen LogP contribution in [0.1, 0.15) is 22.8 Å². The lowest BCUT2D eigenvalue weighted by atomic mass is 9.95. The molecule has 5 nitrogen and oxygen atoms in total. The summed E-state index contributed by atoms with van der Waals surface area (Å²) in [5.74, 6) is 1.07. The minimum atomic E-state index is -0.298. The molecule has 0 saturated carbocycles. The molecule has 26 heavy (non-hydrogen) atoms. The van der Waals surface area contributed by atoms with Crippen molar-refractivity contribution in [3.8, 4) is 5.69 Å². The topological polar surface area (TPSA) is 60.1 Å². The smallest absolute Gasteiger partial charge is 0.141 e. The van der Waals surface area contributed by atoms with Gasteiger partial charge in [0.1, 0.15) is 17.5 Å². The van der Waals surface area contributed by atoms with Gasteiger partial charge in [-0.3, -0.25) is 4.57 Å². The summed E-state index contributed by atoms with van der Waals surface area (Å²) in [4.78, 5) is 10.5. The summed E-state index contributed by atoms with van der Waals surface area (Å²) < 4.78 is 16.4. The molecule has 0 N–H and O–H groups in total. The van der Waals surface area contributed by atoms with Gasteiger partial charge in [0.05, 0.1) is 12.2 Å². The Bertz CT molecular complexity index is 1030. The average molecular weight is 369 g/mol. The molecule has 0 saturated heterocycles. The highest BCUT2D eigenvalue weighted by Gasteiger charge is 2.23. The van der Waals surface area contributed by atoms with Crippen molar-refractivity contribution in [1.29, 1.82) is 0 Å². The van der Waals surface area contributed by atoms with Crippen LogP contribution in [0.25, 0.3) is 11.3 Å². The van der Waals surface area contributed by atoms with Crippen molar-refractivity contribution in [3.63, 3.8) is 0 Å². The molecule has 4 rings (SSSR count). The fourth-order valence-corrected chi connectivity index (χ4v) is 3.40. The highest BCUT2D eigenvalue weighted by Crippen LogP contribution is 2.35. The molecule has 3 aromatic rings. The zero-order chi connectivity index (χ0) is 18.1. The molecule has 7 heteroatoms. The van der Waals surface area contributed by atoms with Gasteiger partial charge in [-0.25, -0.2) is 4.39 Å². The predicted molar refractivity (Wildman–Crippen MR) is 97.9 cm³/mol. The van der Waals surface area contributed by atoms with Gasteiger partial charge in [0.25, 0.3) is 0 Å². The van der Waals surface area contributed by atoms with E-state index in [-0.39, 0.29) is 12.4 Å². The SMILES string of the molecule is O=NCCc1nnc2n1-c1ccc(Cl)cc1C(c1ccccc1F)=CC2. The Morgan fingerprint density at radius 1 is 1.15 bits per heavy atom. The molecule has 0 radical (unpaired) electrons. The van der Waals surface area contributed by atoms with Gasteiger partial charge in [0, 0.05) is 29.0 Å². The van der Waals surface area contributed by atoms with Crippen LogP contribution in [0.4, 0.5) is 4.39 Å². The molecule has 0 bridgehead atoms. The number of hydrogen-bond acceptors (Lipinski definition) is 4. The maximum Gasteiger partial charge on any atom is 0.141 e. The quantitative estimate of drug-likeness (QED) is 0.643. The van der Waals surface area contributed by atoms with Crippen LogP contribution >= 0.6 is 11.6 Å². The Labute approximate surface area is 154 Å². The molecule has 130 valence electrons. The van der Waals surface area contributed by atoms with E-state index in [1.807, 2.05) is 22.8 Å². The summed E-state index contributed by atoms with van der Waals surface area (Å²) in [5, 5.41) is 11.9. The second kappa shape index (κ2) is 6.80. The van der Waals surface area contributed by atoms with E-state index in [0.29, 0.717) is 29.3 Å². The molecule has 0 amide bonds. The van der Waals surface area contributed by atoms with Crippen LogP contribution in [0.3, 0.4) is 0 Å². The van der Waals surface area contributed by atoms with Crippen molar-refractivity contribution in [2.45, 2.75) is 12.8 Å². The van der Waals surface area contributed by atoms with Crippen molar-refractivity contribution in [1.82, 2.24) is 14.8 Å². The number of aromatic nitrogens is 3. The molecule has 0 fully saturated rings. The lowest BCUT2D eigenvalue weighted by Gasteiger charge is -2.15. The zero-order valence-electron chi connectivity index (χ0n) is 13.7. The molecule has 2 aromatic carbocycles.